The van der Waals surface area contributed by atoms with Crippen molar-refractivity contribution in [1.29, 1.82) is 0 Å². The maximum Gasteiger partial charge on any atom is 0.325 e. The second kappa shape index (κ2) is 4.44. The van der Waals surface area contributed by atoms with E-state index >= 15 is 0 Å². The summed E-state index contributed by atoms with van der Waals surface area (Å²) in [4.78, 5) is 28.8. The number of methoxy groups -OCH3 is 1. The van der Waals surface area contributed by atoms with Gasteiger partial charge in [0.05, 0.1) is 12.5 Å². The molecule has 2 aromatic rings. The van der Waals surface area contributed by atoms with E-state index in [1.54, 1.807) is 15.3 Å². The molecule has 3 rings (SSSR count). The summed E-state index contributed by atoms with van der Waals surface area (Å²) in [5.74, 6) is 0.441. The second-order valence-electron chi connectivity index (χ2n) is 6.48. The summed E-state index contributed by atoms with van der Waals surface area (Å²) < 4.78 is 8.16. The highest BCUT2D eigenvalue weighted by atomic mass is 16.5. The van der Waals surface area contributed by atoms with Crippen molar-refractivity contribution in [2.24, 2.45) is 5.41 Å². The summed E-state index contributed by atoms with van der Waals surface area (Å²) in [6.45, 7) is 6.88. The van der Waals surface area contributed by atoms with E-state index in [0.29, 0.717) is 17.6 Å². The van der Waals surface area contributed by atoms with E-state index in [1.165, 1.54) is 7.11 Å². The van der Waals surface area contributed by atoms with E-state index in [9.17, 15) is 9.59 Å². The molecule has 0 saturated carbocycles. The van der Waals surface area contributed by atoms with Gasteiger partial charge in [0.15, 0.2) is 0 Å². The van der Waals surface area contributed by atoms with Crippen molar-refractivity contribution in [3.8, 4) is 0 Å². The Bertz CT molecular complexity index is 799. The Hall–Kier alpha value is -2.11. The largest absolute Gasteiger partial charge is 0.468 e. The number of carbonyl (C=O) groups excluding carboxylic acids is 1. The molecule has 2 aromatic heterocycles. The molecule has 1 aliphatic heterocycles. The van der Waals surface area contributed by atoms with Gasteiger partial charge < -0.3 is 9.30 Å². The lowest BCUT2D eigenvalue weighted by atomic mass is 9.92. The highest BCUT2D eigenvalue weighted by molar-refractivity contribution is 5.81. The van der Waals surface area contributed by atoms with E-state index in [0.717, 1.165) is 17.8 Å². The molecule has 6 heteroatoms. The van der Waals surface area contributed by atoms with Crippen molar-refractivity contribution in [2.45, 2.75) is 40.3 Å². The number of aromatic nitrogens is 3. The third kappa shape index (κ3) is 2.14. The lowest BCUT2D eigenvalue weighted by Crippen LogP contribution is -2.23. The van der Waals surface area contributed by atoms with Gasteiger partial charge in [0.25, 0.3) is 5.56 Å². The zero-order valence-corrected chi connectivity index (χ0v) is 12.8. The fourth-order valence-electron chi connectivity index (χ4n) is 3.03. The molecule has 112 valence electrons. The lowest BCUT2D eigenvalue weighted by Gasteiger charge is -2.13. The van der Waals surface area contributed by atoms with Crippen LogP contribution in [0.5, 0.6) is 0 Å². The molecule has 0 atom stereocenters. The molecule has 3 heterocycles. The molecular formula is C15H19N3O3. The zero-order chi connectivity index (χ0) is 15.4. The molecule has 0 N–H and O–H groups in total. The Labute approximate surface area is 122 Å². The van der Waals surface area contributed by atoms with Gasteiger partial charge in [0.1, 0.15) is 18.0 Å². The minimum Gasteiger partial charge on any atom is -0.468 e. The predicted molar refractivity (Wildman–Crippen MR) is 78.2 cm³/mol. The van der Waals surface area contributed by atoms with Crippen LogP contribution in [0.25, 0.3) is 11.0 Å². The fraction of sp³-hybridized carbons (Fsp3) is 0.533. The third-order valence-electron chi connectivity index (χ3n) is 3.99. The normalized spacial score (nSPS) is 16.2. The summed E-state index contributed by atoms with van der Waals surface area (Å²) in [5.41, 5.74) is 1.44. The first kappa shape index (κ1) is 13.9. The van der Waals surface area contributed by atoms with Gasteiger partial charge in [-0.25, -0.2) is 4.98 Å². The number of hydrogen-bond donors (Lipinski definition) is 0. The summed E-state index contributed by atoms with van der Waals surface area (Å²) in [7, 11) is 1.35. The first-order valence-electron chi connectivity index (χ1n) is 6.98. The minimum atomic E-state index is -0.352. The smallest absolute Gasteiger partial charge is 0.325 e. The molecule has 1 aliphatic rings. The van der Waals surface area contributed by atoms with Crippen LogP contribution in [0.1, 0.15) is 25.2 Å². The van der Waals surface area contributed by atoms with Gasteiger partial charge in [-0.2, -0.15) is 0 Å². The summed E-state index contributed by atoms with van der Waals surface area (Å²) in [6.07, 6.45) is 2.55. The monoisotopic (exact) mass is 289 g/mol. The minimum absolute atomic E-state index is 0.0123. The van der Waals surface area contributed by atoms with Crippen molar-refractivity contribution in [3.05, 3.63) is 27.9 Å². The predicted octanol–water partition coefficient (Wildman–Crippen LogP) is 1.26. The van der Waals surface area contributed by atoms with Gasteiger partial charge in [-0.05, 0) is 17.9 Å². The van der Waals surface area contributed by atoms with Gasteiger partial charge in [0.2, 0.25) is 0 Å². The molecule has 0 spiro atoms. The van der Waals surface area contributed by atoms with Gasteiger partial charge in [-0.1, -0.05) is 13.8 Å². The molecule has 21 heavy (non-hydrogen) atoms. The Balaban J connectivity index is 2.22. The number of nitrogens with zero attached hydrogens (tertiary/aromatic N) is 3. The fourth-order valence-corrected chi connectivity index (χ4v) is 3.03. The number of hydrogen-bond acceptors (Lipinski definition) is 4. The van der Waals surface area contributed by atoms with Crippen LogP contribution >= 0.6 is 0 Å². The molecule has 0 aliphatic carbocycles. The standard InChI is InChI=1S/C15H19N3O3/c1-9-6-17(7-11(19)21-4)13-12(9)14(20)18-8-15(2,3)5-10(18)16-13/h6H,5,7-8H2,1-4H3. The highest BCUT2D eigenvalue weighted by Gasteiger charge is 2.32. The van der Waals surface area contributed by atoms with Crippen LogP contribution in [-0.4, -0.2) is 27.2 Å². The Morgan fingerprint density at radius 3 is 2.86 bits per heavy atom. The first-order chi connectivity index (χ1) is 9.82. The summed E-state index contributed by atoms with van der Waals surface area (Å²) in [5, 5.41) is 0.598. The molecule has 0 unspecified atom stereocenters. The summed E-state index contributed by atoms with van der Waals surface area (Å²) >= 11 is 0. The molecule has 0 fully saturated rings. The average Bonchev–Trinajstić information content (AvgIpc) is 2.87. The quantitative estimate of drug-likeness (QED) is 0.781. The maximum atomic E-state index is 12.7. The number of ether oxygens (including phenoxy) is 1. The van der Waals surface area contributed by atoms with Gasteiger partial charge in [-0.15, -0.1) is 0 Å². The van der Waals surface area contributed by atoms with E-state index in [2.05, 4.69) is 18.8 Å². The molecule has 0 saturated heterocycles. The topological polar surface area (TPSA) is 66.1 Å². The third-order valence-corrected chi connectivity index (χ3v) is 3.99. The highest BCUT2D eigenvalue weighted by Crippen LogP contribution is 2.30. The van der Waals surface area contributed by atoms with Crippen LogP contribution in [0, 0.1) is 12.3 Å². The van der Waals surface area contributed by atoms with Gasteiger partial charge in [0, 0.05) is 19.2 Å². The zero-order valence-electron chi connectivity index (χ0n) is 12.8. The molecule has 0 radical (unpaired) electrons. The van der Waals surface area contributed by atoms with Crippen molar-refractivity contribution in [1.82, 2.24) is 14.1 Å². The Kier molecular flexibility index (Phi) is 2.93. The van der Waals surface area contributed by atoms with Crippen molar-refractivity contribution >= 4 is 17.0 Å². The molecule has 0 bridgehead atoms. The number of carbonyl (C=O) groups is 1. The van der Waals surface area contributed by atoms with E-state index in [1.807, 2.05) is 6.92 Å². The van der Waals surface area contributed by atoms with Crippen LogP contribution in [0.2, 0.25) is 0 Å². The van der Waals surface area contributed by atoms with Crippen LogP contribution in [0.4, 0.5) is 0 Å². The van der Waals surface area contributed by atoms with Crippen molar-refractivity contribution in [3.63, 3.8) is 0 Å². The second-order valence-corrected chi connectivity index (χ2v) is 6.48. The lowest BCUT2D eigenvalue weighted by molar-refractivity contribution is -0.141. The van der Waals surface area contributed by atoms with Gasteiger partial charge >= 0.3 is 5.97 Å². The molecule has 0 amide bonds. The number of fused-ring (bicyclic) bond motifs is 2. The van der Waals surface area contributed by atoms with E-state index < -0.39 is 0 Å². The van der Waals surface area contributed by atoms with E-state index in [4.69, 9.17) is 4.74 Å². The summed E-state index contributed by atoms with van der Waals surface area (Å²) in [6, 6.07) is 0. The average molecular weight is 289 g/mol. The Morgan fingerprint density at radius 2 is 2.19 bits per heavy atom. The molecular weight excluding hydrogens is 270 g/mol. The van der Waals surface area contributed by atoms with Crippen molar-refractivity contribution in [2.75, 3.05) is 7.11 Å². The molecule has 6 nitrogen and oxygen atoms in total. The maximum absolute atomic E-state index is 12.7. The van der Waals surface area contributed by atoms with Crippen molar-refractivity contribution < 1.29 is 9.53 Å². The number of esters is 1. The van der Waals surface area contributed by atoms with Gasteiger partial charge in [-0.3, -0.25) is 14.2 Å². The van der Waals surface area contributed by atoms with Crippen LogP contribution in [0.3, 0.4) is 0 Å². The SMILES string of the molecule is COC(=O)Cn1cc(C)c2c(=O)n3c(nc21)CC(C)(C)C3. The number of rotatable bonds is 2. The van der Waals surface area contributed by atoms with Crippen LogP contribution in [0.15, 0.2) is 11.0 Å². The number of aryl methyl sites for hydroxylation is 1. The van der Waals surface area contributed by atoms with Crippen LogP contribution < -0.4 is 5.56 Å². The Morgan fingerprint density at radius 1 is 1.48 bits per heavy atom. The van der Waals surface area contributed by atoms with Crippen LogP contribution in [-0.2, 0) is 29.0 Å². The van der Waals surface area contributed by atoms with E-state index in [-0.39, 0.29) is 23.5 Å². The molecule has 0 aromatic carbocycles. The first-order valence-corrected chi connectivity index (χ1v) is 6.98.